The predicted molar refractivity (Wildman–Crippen MR) is 110 cm³/mol. The first kappa shape index (κ1) is 18.5. The summed E-state index contributed by atoms with van der Waals surface area (Å²) >= 11 is 0. The number of likely N-dealkylation sites (N-methyl/N-ethyl adjacent to an activating group) is 1. The van der Waals surface area contributed by atoms with Crippen LogP contribution in [0.15, 0.2) is 48.5 Å². The molecule has 3 amide bonds. The first-order chi connectivity index (χ1) is 13.5. The Balaban J connectivity index is 1.65. The van der Waals surface area contributed by atoms with Crippen LogP contribution in [-0.2, 0) is 0 Å². The highest BCUT2D eigenvalue weighted by Gasteiger charge is 2.31. The second-order valence-electron chi connectivity index (χ2n) is 7.57. The molecule has 146 valence electrons. The summed E-state index contributed by atoms with van der Waals surface area (Å²) < 4.78 is 0. The minimum absolute atomic E-state index is 0.0165. The van der Waals surface area contributed by atoms with E-state index in [1.54, 1.807) is 4.90 Å². The summed E-state index contributed by atoms with van der Waals surface area (Å²) in [6.45, 7) is 5.56. The van der Waals surface area contributed by atoms with Gasteiger partial charge in [0, 0.05) is 44.0 Å². The number of carbonyl (C=O) groups excluding carboxylic acids is 2. The van der Waals surface area contributed by atoms with Crippen molar-refractivity contribution in [3.8, 4) is 0 Å². The minimum atomic E-state index is -0.102. The molecule has 0 aromatic heterocycles. The molecule has 2 aliphatic rings. The van der Waals surface area contributed by atoms with Crippen molar-refractivity contribution < 1.29 is 9.59 Å². The number of rotatable bonds is 3. The maximum Gasteiger partial charge on any atom is 0.322 e. The van der Waals surface area contributed by atoms with Crippen LogP contribution >= 0.6 is 0 Å². The third-order valence-electron chi connectivity index (χ3n) is 5.63. The van der Waals surface area contributed by atoms with E-state index in [0.29, 0.717) is 25.2 Å². The lowest BCUT2D eigenvalue weighted by Gasteiger charge is -2.40. The third-order valence-corrected chi connectivity index (χ3v) is 5.63. The van der Waals surface area contributed by atoms with E-state index in [-0.39, 0.29) is 18.0 Å². The van der Waals surface area contributed by atoms with E-state index >= 15 is 0 Å². The summed E-state index contributed by atoms with van der Waals surface area (Å²) in [5.41, 5.74) is 3.58. The van der Waals surface area contributed by atoms with E-state index in [4.69, 9.17) is 0 Å². The molecule has 28 heavy (non-hydrogen) atoms. The van der Waals surface area contributed by atoms with Crippen LogP contribution in [0, 0.1) is 6.92 Å². The average Bonchev–Trinajstić information content (AvgIpc) is 3.14. The zero-order valence-electron chi connectivity index (χ0n) is 16.4. The Morgan fingerprint density at radius 1 is 1.07 bits per heavy atom. The lowest BCUT2D eigenvalue weighted by atomic mass is 10.0. The lowest BCUT2D eigenvalue weighted by molar-refractivity contribution is 0.0498. The van der Waals surface area contributed by atoms with Gasteiger partial charge in [-0.1, -0.05) is 36.4 Å². The van der Waals surface area contributed by atoms with Gasteiger partial charge >= 0.3 is 6.03 Å². The fraction of sp³-hybridized carbons (Fsp3) is 0.364. The maximum absolute atomic E-state index is 13.4. The van der Waals surface area contributed by atoms with Crippen molar-refractivity contribution in [1.82, 2.24) is 15.1 Å². The molecule has 2 aromatic carbocycles. The predicted octanol–water partition coefficient (Wildman–Crippen LogP) is 2.65. The Bertz CT molecular complexity index is 883. The number of piperazine rings is 1. The fourth-order valence-corrected chi connectivity index (χ4v) is 4.02. The summed E-state index contributed by atoms with van der Waals surface area (Å²) in [4.78, 5) is 31.5. The Kier molecular flexibility index (Phi) is 5.05. The molecule has 1 unspecified atom stereocenters. The van der Waals surface area contributed by atoms with E-state index < -0.39 is 0 Å². The number of amides is 3. The molecule has 0 spiro atoms. The van der Waals surface area contributed by atoms with Crippen LogP contribution in [-0.4, -0.2) is 61.5 Å². The third kappa shape index (κ3) is 3.47. The molecule has 2 aliphatic heterocycles. The Hall–Kier alpha value is -2.86. The zero-order chi connectivity index (χ0) is 19.7. The quantitative estimate of drug-likeness (QED) is 0.893. The van der Waals surface area contributed by atoms with Crippen LogP contribution < -0.4 is 10.2 Å². The summed E-state index contributed by atoms with van der Waals surface area (Å²) in [6, 6.07) is 15.8. The molecule has 2 fully saturated rings. The molecule has 6 nitrogen and oxygen atoms in total. The number of carbonyl (C=O) groups is 2. The molecule has 0 bridgehead atoms. The normalized spacial score (nSPS) is 20.4. The van der Waals surface area contributed by atoms with E-state index in [1.807, 2.05) is 48.2 Å². The largest absolute Gasteiger partial charge is 0.336 e. The smallest absolute Gasteiger partial charge is 0.322 e. The van der Waals surface area contributed by atoms with E-state index in [1.165, 1.54) is 0 Å². The van der Waals surface area contributed by atoms with Gasteiger partial charge < -0.3 is 15.1 Å². The van der Waals surface area contributed by atoms with Crippen molar-refractivity contribution in [2.45, 2.75) is 13.0 Å². The molecule has 4 rings (SSSR count). The van der Waals surface area contributed by atoms with E-state index in [0.717, 1.165) is 29.9 Å². The minimum Gasteiger partial charge on any atom is -0.336 e. The lowest BCUT2D eigenvalue weighted by Crippen LogP contribution is -2.49. The maximum atomic E-state index is 13.4. The topological polar surface area (TPSA) is 55.9 Å². The molecule has 1 atom stereocenters. The Morgan fingerprint density at radius 2 is 1.86 bits per heavy atom. The van der Waals surface area contributed by atoms with E-state index in [9.17, 15) is 9.59 Å². The van der Waals surface area contributed by atoms with Gasteiger partial charge in [-0.2, -0.15) is 0 Å². The molecule has 6 heteroatoms. The number of nitrogens with zero attached hydrogens (tertiary/aromatic N) is 3. The first-order valence-corrected chi connectivity index (χ1v) is 9.75. The number of hydrogen-bond donors (Lipinski definition) is 1. The summed E-state index contributed by atoms with van der Waals surface area (Å²) in [5, 5.41) is 2.83. The van der Waals surface area contributed by atoms with Gasteiger partial charge in [0.05, 0.1) is 6.04 Å². The van der Waals surface area contributed by atoms with Crippen LogP contribution in [0.3, 0.4) is 0 Å². The van der Waals surface area contributed by atoms with Crippen LogP contribution in [0.4, 0.5) is 10.5 Å². The number of urea groups is 1. The van der Waals surface area contributed by atoms with Gasteiger partial charge in [0.15, 0.2) is 0 Å². The molecule has 2 heterocycles. The second kappa shape index (κ2) is 7.64. The number of aryl methyl sites for hydroxylation is 1. The molecule has 0 aliphatic carbocycles. The van der Waals surface area contributed by atoms with Gasteiger partial charge in [-0.05, 0) is 37.2 Å². The highest BCUT2D eigenvalue weighted by Crippen LogP contribution is 2.29. The van der Waals surface area contributed by atoms with Gasteiger partial charge in [0.1, 0.15) is 0 Å². The highest BCUT2D eigenvalue weighted by molar-refractivity contribution is 5.99. The van der Waals surface area contributed by atoms with Gasteiger partial charge in [-0.3, -0.25) is 9.69 Å². The van der Waals surface area contributed by atoms with Crippen molar-refractivity contribution in [3.63, 3.8) is 0 Å². The van der Waals surface area contributed by atoms with Crippen molar-refractivity contribution in [2.75, 3.05) is 44.7 Å². The van der Waals surface area contributed by atoms with Crippen molar-refractivity contribution in [1.29, 1.82) is 0 Å². The summed E-state index contributed by atoms with van der Waals surface area (Å²) in [6.07, 6.45) is 0. The second-order valence-corrected chi connectivity index (χ2v) is 7.57. The number of hydrogen-bond acceptors (Lipinski definition) is 3. The van der Waals surface area contributed by atoms with Crippen LogP contribution in [0.25, 0.3) is 0 Å². The average molecular weight is 378 g/mol. The van der Waals surface area contributed by atoms with E-state index in [2.05, 4.69) is 29.4 Å². The SMILES string of the molecule is Cc1ccc(C(=O)N2CCN(C)CC2c2ccccc2)cc1N1CCNC1=O. The molecule has 0 radical (unpaired) electrons. The van der Waals surface area contributed by atoms with Crippen LogP contribution in [0.5, 0.6) is 0 Å². The number of anilines is 1. The molecule has 1 N–H and O–H groups in total. The standard InChI is InChI=1S/C22H26N4O2/c1-16-8-9-18(14-19(16)26-11-10-23-22(26)28)21(27)25-13-12-24(2)15-20(25)17-6-4-3-5-7-17/h3-9,14,20H,10-13,15H2,1-2H3,(H,23,28). The van der Waals surface area contributed by atoms with Gasteiger partial charge in [-0.25, -0.2) is 4.79 Å². The van der Waals surface area contributed by atoms with Crippen molar-refractivity contribution in [3.05, 3.63) is 65.2 Å². The first-order valence-electron chi connectivity index (χ1n) is 9.75. The van der Waals surface area contributed by atoms with Crippen molar-refractivity contribution in [2.24, 2.45) is 0 Å². The Labute approximate surface area is 165 Å². The highest BCUT2D eigenvalue weighted by atomic mass is 16.2. The monoisotopic (exact) mass is 378 g/mol. The van der Waals surface area contributed by atoms with Crippen molar-refractivity contribution >= 4 is 17.6 Å². The van der Waals surface area contributed by atoms with Crippen LogP contribution in [0.2, 0.25) is 0 Å². The summed E-state index contributed by atoms with van der Waals surface area (Å²) in [7, 11) is 2.09. The zero-order valence-corrected chi connectivity index (χ0v) is 16.4. The Morgan fingerprint density at radius 3 is 2.57 bits per heavy atom. The molecular formula is C22H26N4O2. The molecule has 2 aromatic rings. The van der Waals surface area contributed by atoms with Gasteiger partial charge in [0.2, 0.25) is 0 Å². The molecular weight excluding hydrogens is 352 g/mol. The van der Waals surface area contributed by atoms with Crippen LogP contribution in [0.1, 0.15) is 27.5 Å². The summed E-state index contributed by atoms with van der Waals surface area (Å²) in [5.74, 6) is 0.0165. The molecule has 0 saturated carbocycles. The van der Waals surface area contributed by atoms with Gasteiger partial charge in [-0.15, -0.1) is 0 Å². The fourth-order valence-electron chi connectivity index (χ4n) is 4.02. The molecule has 2 saturated heterocycles. The number of nitrogens with one attached hydrogen (secondary N) is 1. The van der Waals surface area contributed by atoms with Gasteiger partial charge in [0.25, 0.3) is 5.91 Å². The number of benzene rings is 2.